The molecule has 2 rings (SSSR count). The van der Waals surface area contributed by atoms with E-state index in [1.807, 2.05) is 18.3 Å². The van der Waals surface area contributed by atoms with Crippen molar-refractivity contribution in [3.63, 3.8) is 0 Å². The third-order valence-electron chi connectivity index (χ3n) is 3.71. The molecule has 22 heavy (non-hydrogen) atoms. The van der Waals surface area contributed by atoms with Crippen LogP contribution in [0, 0.1) is 0 Å². The van der Waals surface area contributed by atoms with Gasteiger partial charge < -0.3 is 14.2 Å². The van der Waals surface area contributed by atoms with Gasteiger partial charge >= 0.3 is 5.97 Å². The highest BCUT2D eigenvalue weighted by molar-refractivity contribution is 5.74. The summed E-state index contributed by atoms with van der Waals surface area (Å²) in [6.07, 6.45) is 8.09. The number of nitrogens with zero attached hydrogens (tertiary/aromatic N) is 1. The van der Waals surface area contributed by atoms with E-state index in [4.69, 9.17) is 14.2 Å². The number of aromatic nitrogens is 1. The Morgan fingerprint density at radius 2 is 2.41 bits per heavy atom. The summed E-state index contributed by atoms with van der Waals surface area (Å²) >= 11 is 0. The predicted molar refractivity (Wildman–Crippen MR) is 82.5 cm³/mol. The van der Waals surface area contributed by atoms with Crippen LogP contribution in [0.3, 0.4) is 0 Å². The van der Waals surface area contributed by atoms with E-state index in [9.17, 15) is 4.79 Å². The third-order valence-corrected chi connectivity index (χ3v) is 3.71. The quantitative estimate of drug-likeness (QED) is 0.545. The number of hydrogen-bond donors (Lipinski definition) is 0. The first-order chi connectivity index (χ1) is 10.8. The second-order valence-corrected chi connectivity index (χ2v) is 5.60. The van der Waals surface area contributed by atoms with Crippen molar-refractivity contribution in [2.45, 2.75) is 51.2 Å². The molecule has 0 saturated carbocycles. The first-order valence-electron chi connectivity index (χ1n) is 8.04. The number of esters is 1. The third kappa shape index (κ3) is 6.12. The van der Waals surface area contributed by atoms with Crippen molar-refractivity contribution in [2.24, 2.45) is 0 Å². The molecule has 2 unspecified atom stereocenters. The average molecular weight is 307 g/mol. The predicted octanol–water partition coefficient (Wildman–Crippen LogP) is 2.53. The van der Waals surface area contributed by atoms with Crippen LogP contribution in [-0.4, -0.2) is 43.0 Å². The molecule has 0 aliphatic carbocycles. The van der Waals surface area contributed by atoms with Crippen molar-refractivity contribution in [1.29, 1.82) is 0 Å². The lowest BCUT2D eigenvalue weighted by Crippen LogP contribution is -2.30. The zero-order valence-corrected chi connectivity index (χ0v) is 13.2. The van der Waals surface area contributed by atoms with Gasteiger partial charge in [0.1, 0.15) is 0 Å². The number of pyridine rings is 1. The monoisotopic (exact) mass is 307 g/mol. The number of ether oxygens (including phenoxy) is 3. The van der Waals surface area contributed by atoms with Gasteiger partial charge in [0.2, 0.25) is 0 Å². The van der Waals surface area contributed by atoms with Gasteiger partial charge in [0.15, 0.2) is 6.10 Å². The summed E-state index contributed by atoms with van der Waals surface area (Å²) in [6, 6.07) is 3.93. The zero-order valence-electron chi connectivity index (χ0n) is 13.2. The molecule has 122 valence electrons. The molecule has 1 aliphatic rings. The molecule has 5 nitrogen and oxygen atoms in total. The van der Waals surface area contributed by atoms with Crippen LogP contribution in [0.4, 0.5) is 0 Å². The molecule has 0 N–H and O–H groups in total. The van der Waals surface area contributed by atoms with Gasteiger partial charge in [-0.1, -0.05) is 6.07 Å². The maximum atomic E-state index is 11.8. The van der Waals surface area contributed by atoms with E-state index in [-0.39, 0.29) is 12.1 Å². The lowest BCUT2D eigenvalue weighted by molar-refractivity contribution is -0.159. The van der Waals surface area contributed by atoms with Crippen molar-refractivity contribution in [3.8, 4) is 0 Å². The van der Waals surface area contributed by atoms with E-state index in [1.165, 1.54) is 6.42 Å². The fraction of sp³-hybridized carbons (Fsp3) is 0.647. The Morgan fingerprint density at radius 1 is 1.50 bits per heavy atom. The fourth-order valence-corrected chi connectivity index (χ4v) is 2.37. The maximum absolute atomic E-state index is 11.8. The van der Waals surface area contributed by atoms with Crippen LogP contribution in [0.5, 0.6) is 0 Å². The van der Waals surface area contributed by atoms with Crippen LogP contribution < -0.4 is 0 Å². The van der Waals surface area contributed by atoms with Crippen molar-refractivity contribution in [2.75, 3.05) is 19.8 Å². The van der Waals surface area contributed by atoms with Crippen LogP contribution in [0.25, 0.3) is 0 Å². The van der Waals surface area contributed by atoms with Gasteiger partial charge in [-0.05, 0) is 50.7 Å². The van der Waals surface area contributed by atoms with Crippen molar-refractivity contribution < 1.29 is 19.0 Å². The minimum absolute atomic E-state index is 0.120. The van der Waals surface area contributed by atoms with Crippen LogP contribution in [0.2, 0.25) is 0 Å². The minimum atomic E-state index is -0.538. The summed E-state index contributed by atoms with van der Waals surface area (Å²) in [5.74, 6) is -0.304. The van der Waals surface area contributed by atoms with Crippen LogP contribution >= 0.6 is 0 Å². The Hall–Kier alpha value is -1.46. The lowest BCUT2D eigenvalue weighted by Gasteiger charge is -2.23. The summed E-state index contributed by atoms with van der Waals surface area (Å²) in [5.41, 5.74) is 1.15. The summed E-state index contributed by atoms with van der Waals surface area (Å²) in [4.78, 5) is 15.9. The van der Waals surface area contributed by atoms with Crippen LogP contribution in [-0.2, 0) is 25.4 Å². The van der Waals surface area contributed by atoms with Crippen molar-refractivity contribution >= 4 is 5.97 Å². The highest BCUT2D eigenvalue weighted by Gasteiger charge is 2.19. The molecule has 0 spiro atoms. The van der Waals surface area contributed by atoms with Gasteiger partial charge in [-0.15, -0.1) is 0 Å². The molecule has 2 atom stereocenters. The molecular weight excluding hydrogens is 282 g/mol. The molecule has 1 aromatic rings. The van der Waals surface area contributed by atoms with Gasteiger partial charge in [0.25, 0.3) is 0 Å². The summed E-state index contributed by atoms with van der Waals surface area (Å²) in [5, 5.41) is 0. The first-order valence-corrected chi connectivity index (χ1v) is 8.04. The zero-order chi connectivity index (χ0) is 15.6. The van der Waals surface area contributed by atoms with Crippen molar-refractivity contribution in [3.05, 3.63) is 30.1 Å². The molecule has 0 bridgehead atoms. The van der Waals surface area contributed by atoms with E-state index in [1.54, 1.807) is 13.1 Å². The highest BCUT2D eigenvalue weighted by Crippen LogP contribution is 2.13. The number of hydrogen-bond acceptors (Lipinski definition) is 5. The maximum Gasteiger partial charge on any atom is 0.334 e. The molecule has 5 heteroatoms. The molecule has 2 heterocycles. The number of aryl methyl sites for hydroxylation is 1. The molecule has 1 saturated heterocycles. The van der Waals surface area contributed by atoms with Gasteiger partial charge in [0, 0.05) is 19.0 Å². The van der Waals surface area contributed by atoms with Gasteiger partial charge in [-0.3, -0.25) is 4.98 Å². The van der Waals surface area contributed by atoms with E-state index in [0.717, 1.165) is 37.9 Å². The van der Waals surface area contributed by atoms with Gasteiger partial charge in [-0.25, -0.2) is 4.79 Å². The number of carbonyl (C=O) groups is 1. The minimum Gasteiger partial charge on any atom is -0.464 e. The van der Waals surface area contributed by atoms with E-state index in [0.29, 0.717) is 13.2 Å². The number of carbonyl (C=O) groups excluding carboxylic acids is 1. The highest BCUT2D eigenvalue weighted by atomic mass is 16.6. The number of rotatable bonds is 8. The van der Waals surface area contributed by atoms with Crippen LogP contribution in [0.15, 0.2) is 24.5 Å². The normalized spacial score (nSPS) is 19.6. The smallest absolute Gasteiger partial charge is 0.334 e. The topological polar surface area (TPSA) is 57.7 Å². The summed E-state index contributed by atoms with van der Waals surface area (Å²) in [7, 11) is 0. The molecule has 1 aromatic heterocycles. The second-order valence-electron chi connectivity index (χ2n) is 5.60. The molecule has 1 aliphatic heterocycles. The van der Waals surface area contributed by atoms with E-state index < -0.39 is 6.10 Å². The Balaban J connectivity index is 1.55. The fourth-order valence-electron chi connectivity index (χ4n) is 2.37. The van der Waals surface area contributed by atoms with Gasteiger partial charge in [-0.2, -0.15) is 0 Å². The second kappa shape index (κ2) is 9.54. The Bertz CT molecular complexity index is 432. The first kappa shape index (κ1) is 16.9. The molecule has 0 amide bonds. The SMILES string of the molecule is CC(OCC1CCCCO1)C(=O)OCCCc1cccnc1. The lowest BCUT2D eigenvalue weighted by atomic mass is 10.1. The van der Waals surface area contributed by atoms with Gasteiger partial charge in [0.05, 0.1) is 19.3 Å². The van der Waals surface area contributed by atoms with E-state index >= 15 is 0 Å². The molecule has 0 aromatic carbocycles. The molecular formula is C17H25NO4. The summed E-state index contributed by atoms with van der Waals surface area (Å²) < 4.78 is 16.4. The van der Waals surface area contributed by atoms with E-state index in [2.05, 4.69) is 4.98 Å². The van der Waals surface area contributed by atoms with Crippen LogP contribution in [0.1, 0.15) is 38.2 Å². The Kier molecular flexibility index (Phi) is 7.33. The Morgan fingerprint density at radius 3 is 3.14 bits per heavy atom. The largest absolute Gasteiger partial charge is 0.464 e. The van der Waals surface area contributed by atoms with Crippen molar-refractivity contribution in [1.82, 2.24) is 4.98 Å². The standard InChI is InChI=1S/C17H25NO4/c1-14(22-13-16-8-2-3-10-20-16)17(19)21-11-5-7-15-6-4-9-18-12-15/h4,6,9,12,14,16H,2-3,5,7-8,10-11,13H2,1H3. The molecule has 0 radical (unpaired) electrons. The summed E-state index contributed by atoms with van der Waals surface area (Å²) in [6.45, 7) is 3.39. The average Bonchev–Trinajstić information content (AvgIpc) is 2.58. The molecule has 1 fully saturated rings. The Labute approximate surface area is 132 Å².